The Bertz CT molecular complexity index is 148. The Balaban J connectivity index is -0.0000000491. The van der Waals surface area contributed by atoms with Gasteiger partial charge in [-0.2, -0.15) is 0 Å². The quantitative estimate of drug-likeness (QED) is 0.366. The molecule has 6 heteroatoms. The van der Waals surface area contributed by atoms with Crippen LogP contribution in [0.3, 0.4) is 0 Å². The van der Waals surface area contributed by atoms with E-state index in [-0.39, 0.29) is 37.7 Å². The maximum Gasteiger partial charge on any atom is 2.00 e. The molecule has 68 valence electrons. The van der Waals surface area contributed by atoms with Gasteiger partial charge in [0, 0.05) is 0 Å². The van der Waals surface area contributed by atoms with Crippen LogP contribution >= 0.6 is 0 Å². The van der Waals surface area contributed by atoms with Crippen LogP contribution in [0.2, 0.25) is 0 Å². The van der Waals surface area contributed by atoms with Gasteiger partial charge in [-0.1, -0.05) is 13.2 Å². The molecule has 0 atom stereocenters. The number of carbonyl (C=O) groups excluding carboxylic acids is 3. The molecule has 0 radical (unpaired) electrons. The van der Waals surface area contributed by atoms with Gasteiger partial charge in [0.25, 0.3) is 0 Å². The van der Waals surface area contributed by atoms with Gasteiger partial charge in [-0.05, 0) is 12.2 Å². The van der Waals surface area contributed by atoms with Crippen LogP contribution in [0, 0.1) is 0 Å². The van der Waals surface area contributed by atoms with Gasteiger partial charge in [-0.25, -0.2) is 0 Å². The van der Waals surface area contributed by atoms with Crippen LogP contribution in [0.5, 0.6) is 0 Å². The smallest absolute Gasteiger partial charge is 0.545 e. The van der Waals surface area contributed by atoms with Crippen LogP contribution in [0.25, 0.3) is 0 Å². The molecule has 0 fully saturated rings. The van der Waals surface area contributed by atoms with Gasteiger partial charge in [0.1, 0.15) is 6.79 Å². The van der Waals surface area contributed by atoms with E-state index in [9.17, 15) is 0 Å². The van der Waals surface area contributed by atoms with Gasteiger partial charge in [-0.15, -0.1) is 0 Å². The Kier molecular flexibility index (Phi) is 39.5. The molecular formula is C7H8CaO5. The van der Waals surface area contributed by atoms with Crippen molar-refractivity contribution in [1.82, 2.24) is 0 Å². The number of carboxylic acid groups (broad SMARTS) is 2. The number of rotatable bonds is 2. The van der Waals surface area contributed by atoms with Gasteiger partial charge in [-0.3, -0.25) is 0 Å². The summed E-state index contributed by atoms with van der Waals surface area (Å²) >= 11 is 0. The molecule has 0 aromatic rings. The first-order valence-corrected chi connectivity index (χ1v) is 2.50. The van der Waals surface area contributed by atoms with E-state index >= 15 is 0 Å². The molecule has 0 aliphatic heterocycles. The van der Waals surface area contributed by atoms with Crippen molar-refractivity contribution in [2.75, 3.05) is 0 Å². The molecule has 5 nitrogen and oxygen atoms in total. The Labute approximate surface area is 106 Å². The predicted octanol–water partition coefficient (Wildman–Crippen LogP) is -2.72. The second-order valence-electron chi connectivity index (χ2n) is 1.05. The van der Waals surface area contributed by atoms with Crippen LogP contribution in [0.15, 0.2) is 25.3 Å². The molecule has 13 heavy (non-hydrogen) atoms. The fraction of sp³-hybridized carbons (Fsp3) is 0. The van der Waals surface area contributed by atoms with Crippen molar-refractivity contribution in [3.8, 4) is 0 Å². The predicted molar refractivity (Wildman–Crippen MR) is 43.3 cm³/mol. The maximum atomic E-state index is 9.14. The van der Waals surface area contributed by atoms with E-state index in [0.717, 1.165) is 12.2 Å². The SMILES string of the molecule is C=CC(=O)[O-].C=CC(=O)[O-].C=O.[Ca+2]. The van der Waals surface area contributed by atoms with Crippen LogP contribution < -0.4 is 10.2 Å². The van der Waals surface area contributed by atoms with E-state index in [1.54, 1.807) is 0 Å². The summed E-state index contributed by atoms with van der Waals surface area (Å²) in [6, 6.07) is 0. The first-order valence-electron chi connectivity index (χ1n) is 2.50. The third-order valence-electron chi connectivity index (χ3n) is 0.333. The molecule has 0 aliphatic carbocycles. The average Bonchev–Trinajstić information content (AvgIpc) is 2.09. The zero-order valence-electron chi connectivity index (χ0n) is 7.02. The number of carbonyl (C=O) groups is 3. The summed E-state index contributed by atoms with van der Waals surface area (Å²) in [6.07, 6.45) is 1.44. The van der Waals surface area contributed by atoms with Gasteiger partial charge < -0.3 is 24.6 Å². The zero-order valence-corrected chi connectivity index (χ0v) is 9.23. The molecule has 0 bridgehead atoms. The second kappa shape index (κ2) is 22.5. The molecule has 0 aromatic heterocycles. The van der Waals surface area contributed by atoms with Crippen molar-refractivity contribution >= 4 is 56.5 Å². The van der Waals surface area contributed by atoms with Crippen LogP contribution in [0.1, 0.15) is 0 Å². The Morgan fingerprint density at radius 2 is 1.00 bits per heavy atom. The Morgan fingerprint density at radius 1 is 0.923 bits per heavy atom. The molecule has 0 heterocycles. The third kappa shape index (κ3) is 88.4. The Morgan fingerprint density at radius 3 is 1.00 bits per heavy atom. The van der Waals surface area contributed by atoms with Crippen molar-refractivity contribution in [2.24, 2.45) is 0 Å². The number of aliphatic carboxylic acids is 2. The minimum absolute atomic E-state index is 0. The molecule has 0 aromatic carbocycles. The van der Waals surface area contributed by atoms with Crippen LogP contribution in [-0.2, 0) is 14.4 Å². The molecule has 0 rings (SSSR count). The largest absolute Gasteiger partial charge is 2.00 e. The summed E-state index contributed by atoms with van der Waals surface area (Å²) in [5.41, 5.74) is 0. The van der Waals surface area contributed by atoms with Crippen LogP contribution in [0.4, 0.5) is 0 Å². The summed E-state index contributed by atoms with van der Waals surface area (Å²) in [5.74, 6) is -2.46. The zero-order chi connectivity index (χ0) is 10.6. The molecule has 0 unspecified atom stereocenters. The molecule has 0 saturated heterocycles. The number of hydrogen-bond donors (Lipinski definition) is 0. The summed E-state index contributed by atoms with van der Waals surface area (Å²) in [7, 11) is 0. The van der Waals surface area contributed by atoms with Gasteiger partial charge in [0.05, 0.1) is 11.9 Å². The monoisotopic (exact) mass is 212 g/mol. The second-order valence-corrected chi connectivity index (χ2v) is 1.05. The number of carboxylic acids is 2. The third-order valence-corrected chi connectivity index (χ3v) is 0.333. The van der Waals surface area contributed by atoms with E-state index in [4.69, 9.17) is 24.6 Å². The van der Waals surface area contributed by atoms with Crippen molar-refractivity contribution in [2.45, 2.75) is 0 Å². The van der Waals surface area contributed by atoms with E-state index in [1.807, 2.05) is 6.79 Å². The summed E-state index contributed by atoms with van der Waals surface area (Å²) in [5, 5.41) is 18.3. The van der Waals surface area contributed by atoms with Gasteiger partial charge in [0.15, 0.2) is 0 Å². The minimum atomic E-state index is -1.23. The first kappa shape index (κ1) is 22.8. The minimum Gasteiger partial charge on any atom is -0.545 e. The van der Waals surface area contributed by atoms with Crippen LogP contribution in [-0.4, -0.2) is 56.5 Å². The fourth-order valence-corrected chi connectivity index (χ4v) is 0. The van der Waals surface area contributed by atoms with E-state index in [1.165, 1.54) is 0 Å². The van der Waals surface area contributed by atoms with Crippen molar-refractivity contribution in [3.05, 3.63) is 25.3 Å². The standard InChI is InChI=1S/2C3H4O2.CH2O.Ca/c2*1-2-3(4)5;1-2;/h2*2H,1H2,(H,4,5);1H2;/q;;;+2/p-2. The Hall–Kier alpha value is -0.650. The fourth-order valence-electron chi connectivity index (χ4n) is 0. The molecule has 0 N–H and O–H groups in total. The van der Waals surface area contributed by atoms with Crippen molar-refractivity contribution in [3.63, 3.8) is 0 Å². The van der Waals surface area contributed by atoms with E-state index in [0.29, 0.717) is 0 Å². The van der Waals surface area contributed by atoms with E-state index < -0.39 is 11.9 Å². The van der Waals surface area contributed by atoms with Gasteiger partial charge >= 0.3 is 37.7 Å². The summed E-state index contributed by atoms with van der Waals surface area (Å²) in [6.45, 7) is 7.80. The molecule has 0 saturated carbocycles. The van der Waals surface area contributed by atoms with E-state index in [2.05, 4.69) is 13.2 Å². The van der Waals surface area contributed by atoms with Gasteiger partial charge in [0.2, 0.25) is 0 Å². The molecular weight excluding hydrogens is 204 g/mol. The first-order chi connectivity index (χ1) is 5.54. The molecule has 0 spiro atoms. The maximum absolute atomic E-state index is 9.14. The topological polar surface area (TPSA) is 97.3 Å². The molecule has 0 aliphatic rings. The normalized spacial score (nSPS) is 5.23. The summed E-state index contributed by atoms with van der Waals surface area (Å²) in [4.78, 5) is 26.3. The number of hydrogen-bond acceptors (Lipinski definition) is 5. The summed E-state index contributed by atoms with van der Waals surface area (Å²) < 4.78 is 0. The van der Waals surface area contributed by atoms with Crippen molar-refractivity contribution < 1.29 is 24.6 Å². The average molecular weight is 212 g/mol. The van der Waals surface area contributed by atoms with Crippen molar-refractivity contribution in [1.29, 1.82) is 0 Å². The molecule has 0 amide bonds.